The highest BCUT2D eigenvalue weighted by molar-refractivity contribution is 5.74. The van der Waals surface area contributed by atoms with Crippen LogP contribution in [0.5, 0.6) is 5.75 Å². The molecule has 0 atom stereocenters. The fourth-order valence-corrected chi connectivity index (χ4v) is 5.86. The normalized spacial score (nSPS) is 19.1. The number of esters is 1. The summed E-state index contributed by atoms with van der Waals surface area (Å²) < 4.78 is 41.6. The third-order valence-electron chi connectivity index (χ3n) is 8.39. The third-order valence-corrected chi connectivity index (χ3v) is 8.39. The van der Waals surface area contributed by atoms with E-state index in [1.807, 2.05) is 19.1 Å². The number of carbonyl (C=O) groups is 1. The monoisotopic (exact) mass is 550 g/mol. The van der Waals surface area contributed by atoms with E-state index in [0.717, 1.165) is 75.3 Å². The summed E-state index contributed by atoms with van der Waals surface area (Å²) >= 11 is 0. The van der Waals surface area contributed by atoms with E-state index in [0.29, 0.717) is 36.7 Å². The van der Waals surface area contributed by atoms with Crippen molar-refractivity contribution in [2.75, 3.05) is 13.2 Å². The van der Waals surface area contributed by atoms with Gasteiger partial charge in [0.15, 0.2) is 0 Å². The Kier molecular flexibility index (Phi) is 11.1. The number of aryl methyl sites for hydroxylation is 1. The predicted molar refractivity (Wildman–Crippen MR) is 158 cm³/mol. The number of ether oxygens (including phenoxy) is 2. The maximum atomic E-state index is 15.2. The van der Waals surface area contributed by atoms with Gasteiger partial charge < -0.3 is 9.47 Å². The smallest absolute Gasteiger partial charge is 0.311 e. The standard InChI is InChI=1S/C35H44F2O3/c1-4-27-20-31(29-16-17-30(32(36)21-29)28-14-11-24(2)12-15-28)33(37)22-34(27)40-35(38)9-7-5-6-8-18-39-23-26-13-10-25(3)19-26/h13,16-17,20-22,24,28H,3-12,14-15,18-19,23H2,1-2H3. The summed E-state index contributed by atoms with van der Waals surface area (Å²) in [5, 5.41) is 0. The van der Waals surface area contributed by atoms with Gasteiger partial charge in [0.1, 0.15) is 17.4 Å². The Hall–Kier alpha value is -2.79. The molecule has 40 heavy (non-hydrogen) atoms. The molecule has 0 unspecified atom stereocenters. The van der Waals surface area contributed by atoms with Crippen molar-refractivity contribution in [2.24, 2.45) is 5.92 Å². The van der Waals surface area contributed by atoms with Crippen molar-refractivity contribution in [3.63, 3.8) is 0 Å². The lowest BCUT2D eigenvalue weighted by Crippen LogP contribution is -2.12. The molecule has 2 aliphatic carbocycles. The van der Waals surface area contributed by atoms with E-state index in [2.05, 4.69) is 19.6 Å². The molecular formula is C35H44F2O3. The molecule has 3 nitrogen and oxygen atoms in total. The minimum Gasteiger partial charge on any atom is -0.426 e. The van der Waals surface area contributed by atoms with Gasteiger partial charge in [-0.25, -0.2) is 8.78 Å². The first-order chi connectivity index (χ1) is 19.3. The molecule has 4 rings (SSSR count). The van der Waals surface area contributed by atoms with E-state index in [9.17, 15) is 4.79 Å². The maximum absolute atomic E-state index is 15.2. The van der Waals surface area contributed by atoms with E-state index in [-0.39, 0.29) is 29.9 Å². The number of hydrogen-bond acceptors (Lipinski definition) is 3. The van der Waals surface area contributed by atoms with Crippen molar-refractivity contribution >= 4 is 5.97 Å². The zero-order valence-corrected chi connectivity index (χ0v) is 24.2. The summed E-state index contributed by atoms with van der Waals surface area (Å²) in [5.41, 5.74) is 4.87. The Labute approximate surface area is 238 Å². The van der Waals surface area contributed by atoms with Crippen LogP contribution in [-0.2, 0) is 16.0 Å². The Bertz CT molecular complexity index is 1210. The lowest BCUT2D eigenvalue weighted by Gasteiger charge is -2.27. The fourth-order valence-electron chi connectivity index (χ4n) is 5.86. The molecule has 0 heterocycles. The Morgan fingerprint density at radius 3 is 2.48 bits per heavy atom. The van der Waals surface area contributed by atoms with Crippen molar-refractivity contribution in [3.8, 4) is 16.9 Å². The number of halogens is 2. The Balaban J connectivity index is 1.25. The zero-order valence-electron chi connectivity index (χ0n) is 24.2. The Morgan fingerprint density at radius 1 is 1.00 bits per heavy atom. The molecule has 0 bridgehead atoms. The maximum Gasteiger partial charge on any atom is 0.311 e. The summed E-state index contributed by atoms with van der Waals surface area (Å²) in [6.07, 6.45) is 12.8. The number of allylic oxidation sites excluding steroid dienone is 2. The molecule has 0 spiro atoms. The van der Waals surface area contributed by atoms with Gasteiger partial charge in [0.05, 0.1) is 6.61 Å². The van der Waals surface area contributed by atoms with Gasteiger partial charge in [-0.15, -0.1) is 0 Å². The number of rotatable bonds is 13. The van der Waals surface area contributed by atoms with Gasteiger partial charge in [0, 0.05) is 24.7 Å². The lowest BCUT2D eigenvalue weighted by atomic mass is 9.79. The van der Waals surface area contributed by atoms with Crippen LogP contribution in [0.25, 0.3) is 11.1 Å². The molecular weight excluding hydrogens is 506 g/mol. The SMILES string of the molecule is C=C1CC=C(COCCCCCCC(=O)Oc2cc(F)c(-c3ccc(C4CCC(C)CC4)c(F)c3)cc2CC)C1. The summed E-state index contributed by atoms with van der Waals surface area (Å²) in [6.45, 7) is 9.57. The fraction of sp³-hybridized carbons (Fsp3) is 0.514. The molecule has 2 aromatic rings. The van der Waals surface area contributed by atoms with Crippen LogP contribution in [0.3, 0.4) is 0 Å². The average Bonchev–Trinajstić information content (AvgIpc) is 3.35. The lowest BCUT2D eigenvalue weighted by molar-refractivity contribution is -0.134. The second-order valence-corrected chi connectivity index (χ2v) is 11.7. The molecule has 2 aliphatic rings. The van der Waals surface area contributed by atoms with Crippen LogP contribution in [0.15, 0.2) is 54.1 Å². The summed E-state index contributed by atoms with van der Waals surface area (Å²) in [7, 11) is 0. The van der Waals surface area contributed by atoms with E-state index < -0.39 is 5.82 Å². The molecule has 0 saturated heterocycles. The van der Waals surface area contributed by atoms with Gasteiger partial charge in [-0.05, 0) is 91.2 Å². The Morgan fingerprint density at radius 2 is 1.77 bits per heavy atom. The van der Waals surface area contributed by atoms with Crippen LogP contribution < -0.4 is 4.74 Å². The predicted octanol–water partition coefficient (Wildman–Crippen LogP) is 9.64. The van der Waals surface area contributed by atoms with Gasteiger partial charge in [0.25, 0.3) is 0 Å². The second kappa shape index (κ2) is 14.7. The van der Waals surface area contributed by atoms with Crippen LogP contribution in [0, 0.1) is 17.6 Å². The zero-order chi connectivity index (χ0) is 28.5. The van der Waals surface area contributed by atoms with Crippen molar-refractivity contribution in [2.45, 2.75) is 96.8 Å². The van der Waals surface area contributed by atoms with Crippen molar-refractivity contribution in [1.29, 1.82) is 0 Å². The molecule has 0 aromatic heterocycles. The summed E-state index contributed by atoms with van der Waals surface area (Å²) in [5.74, 6) is 0.0367. The largest absolute Gasteiger partial charge is 0.426 e. The van der Waals surface area contributed by atoms with E-state index in [1.54, 1.807) is 6.07 Å². The first-order valence-electron chi connectivity index (χ1n) is 15.1. The molecule has 0 N–H and O–H groups in total. The highest BCUT2D eigenvalue weighted by Gasteiger charge is 2.23. The summed E-state index contributed by atoms with van der Waals surface area (Å²) in [4.78, 5) is 12.5. The minimum atomic E-state index is -0.517. The number of carbonyl (C=O) groups excluding carboxylic acids is 1. The van der Waals surface area contributed by atoms with Gasteiger partial charge in [-0.3, -0.25) is 4.79 Å². The number of benzene rings is 2. The van der Waals surface area contributed by atoms with Crippen molar-refractivity contribution in [3.05, 3.63) is 76.9 Å². The molecule has 0 amide bonds. The van der Waals surface area contributed by atoms with Crippen LogP contribution in [-0.4, -0.2) is 19.2 Å². The van der Waals surface area contributed by atoms with Crippen LogP contribution in [0.2, 0.25) is 0 Å². The second-order valence-electron chi connectivity index (χ2n) is 11.7. The quantitative estimate of drug-likeness (QED) is 0.108. The van der Waals surface area contributed by atoms with Crippen molar-refractivity contribution < 1.29 is 23.0 Å². The number of unbranched alkanes of at least 4 members (excludes halogenated alkanes) is 3. The molecule has 5 heteroatoms. The minimum absolute atomic E-state index is 0.233. The molecule has 2 aromatic carbocycles. The topological polar surface area (TPSA) is 35.5 Å². The van der Waals surface area contributed by atoms with Crippen molar-refractivity contribution in [1.82, 2.24) is 0 Å². The van der Waals surface area contributed by atoms with Gasteiger partial charge in [0.2, 0.25) is 0 Å². The molecule has 1 fully saturated rings. The van der Waals surface area contributed by atoms with Gasteiger partial charge in [-0.2, -0.15) is 0 Å². The number of hydrogen-bond donors (Lipinski definition) is 0. The highest BCUT2D eigenvalue weighted by Crippen LogP contribution is 2.38. The molecule has 0 aliphatic heterocycles. The van der Waals surface area contributed by atoms with Crippen LogP contribution >= 0.6 is 0 Å². The van der Waals surface area contributed by atoms with Gasteiger partial charge in [-0.1, -0.05) is 69.9 Å². The highest BCUT2D eigenvalue weighted by atomic mass is 19.1. The average molecular weight is 551 g/mol. The van der Waals surface area contributed by atoms with E-state index >= 15 is 8.78 Å². The molecule has 0 radical (unpaired) electrons. The molecule has 216 valence electrons. The molecule has 1 saturated carbocycles. The van der Waals surface area contributed by atoms with Gasteiger partial charge >= 0.3 is 5.97 Å². The van der Waals surface area contributed by atoms with E-state index in [4.69, 9.17) is 9.47 Å². The first kappa shape index (κ1) is 30.2. The first-order valence-corrected chi connectivity index (χ1v) is 15.1. The third kappa shape index (κ3) is 8.36. The summed E-state index contributed by atoms with van der Waals surface area (Å²) in [6, 6.07) is 8.04. The van der Waals surface area contributed by atoms with Crippen LogP contribution in [0.4, 0.5) is 8.78 Å². The van der Waals surface area contributed by atoms with E-state index in [1.165, 1.54) is 23.3 Å². The van der Waals surface area contributed by atoms with Crippen LogP contribution in [0.1, 0.15) is 102 Å².